The van der Waals surface area contributed by atoms with Gasteiger partial charge in [0, 0.05) is 18.1 Å². The van der Waals surface area contributed by atoms with E-state index in [1.54, 1.807) is 24.3 Å². The van der Waals surface area contributed by atoms with Gasteiger partial charge in [-0.2, -0.15) is 4.31 Å². The molecular formula is C15H19ClN2O5S. The molecule has 1 aliphatic rings. The Hall–Kier alpha value is -1.64. The standard InChI is InChI=1S/C15H19ClN2O5S/c1-24(21,22)18-8-2-3-13(18)15(20)23-10-14(19)17-9-11-4-6-12(16)7-5-11/h4-7,13H,2-3,8-10H2,1H3,(H,17,19)/t13-/m0/s1. The SMILES string of the molecule is CS(=O)(=O)N1CCC[C@H]1C(=O)OCC(=O)NCc1ccc(Cl)cc1. The van der Waals surface area contributed by atoms with Gasteiger partial charge in [0.25, 0.3) is 5.91 Å². The molecule has 9 heteroatoms. The van der Waals surface area contributed by atoms with Gasteiger partial charge in [0.15, 0.2) is 6.61 Å². The predicted octanol–water partition coefficient (Wildman–Crippen LogP) is 0.923. The molecule has 1 heterocycles. The molecular weight excluding hydrogens is 356 g/mol. The van der Waals surface area contributed by atoms with Gasteiger partial charge in [-0.1, -0.05) is 23.7 Å². The molecule has 7 nitrogen and oxygen atoms in total. The van der Waals surface area contributed by atoms with E-state index in [4.69, 9.17) is 16.3 Å². The lowest BCUT2D eigenvalue weighted by atomic mass is 10.2. The Morgan fingerprint density at radius 2 is 2.00 bits per heavy atom. The Kier molecular flexibility index (Phi) is 6.20. The number of sulfonamides is 1. The van der Waals surface area contributed by atoms with Crippen molar-refractivity contribution in [3.63, 3.8) is 0 Å². The topological polar surface area (TPSA) is 92.8 Å². The monoisotopic (exact) mass is 374 g/mol. The summed E-state index contributed by atoms with van der Waals surface area (Å²) in [5.74, 6) is -1.15. The van der Waals surface area contributed by atoms with Crippen LogP contribution >= 0.6 is 11.6 Å². The van der Waals surface area contributed by atoms with Crippen molar-refractivity contribution in [2.45, 2.75) is 25.4 Å². The molecule has 0 radical (unpaired) electrons. The van der Waals surface area contributed by atoms with Crippen molar-refractivity contribution in [2.24, 2.45) is 0 Å². The molecule has 0 unspecified atom stereocenters. The second kappa shape index (κ2) is 7.96. The summed E-state index contributed by atoms with van der Waals surface area (Å²) in [6, 6.07) is 6.13. The number of halogens is 1. The summed E-state index contributed by atoms with van der Waals surface area (Å²) in [6.07, 6.45) is 2.05. The van der Waals surface area contributed by atoms with Crippen LogP contribution in [-0.4, -0.2) is 50.0 Å². The molecule has 1 amide bonds. The first kappa shape index (κ1) is 18.7. The van der Waals surface area contributed by atoms with Crippen molar-refractivity contribution in [1.82, 2.24) is 9.62 Å². The summed E-state index contributed by atoms with van der Waals surface area (Å²) in [7, 11) is -3.46. The number of hydrogen-bond acceptors (Lipinski definition) is 5. The highest BCUT2D eigenvalue weighted by Crippen LogP contribution is 2.21. The summed E-state index contributed by atoms with van der Waals surface area (Å²) >= 11 is 5.77. The maximum Gasteiger partial charge on any atom is 0.324 e. The molecule has 0 aliphatic carbocycles. The second-order valence-electron chi connectivity index (χ2n) is 5.54. The largest absolute Gasteiger partial charge is 0.454 e. The quantitative estimate of drug-likeness (QED) is 0.747. The molecule has 2 rings (SSSR count). The number of amides is 1. The van der Waals surface area contributed by atoms with Gasteiger partial charge in [0.2, 0.25) is 10.0 Å². The second-order valence-corrected chi connectivity index (χ2v) is 7.91. The Bertz CT molecular complexity index is 705. The van der Waals surface area contributed by atoms with Crippen molar-refractivity contribution in [2.75, 3.05) is 19.4 Å². The van der Waals surface area contributed by atoms with Gasteiger partial charge in [0.05, 0.1) is 6.26 Å². The number of carbonyl (C=O) groups excluding carboxylic acids is 2. The summed E-state index contributed by atoms with van der Waals surface area (Å²) in [5, 5.41) is 3.22. The number of rotatable bonds is 6. The molecule has 0 spiro atoms. The number of nitrogens with one attached hydrogen (secondary N) is 1. The minimum absolute atomic E-state index is 0.284. The highest BCUT2D eigenvalue weighted by molar-refractivity contribution is 7.88. The van der Waals surface area contributed by atoms with Crippen molar-refractivity contribution >= 4 is 33.5 Å². The van der Waals surface area contributed by atoms with Crippen LogP contribution in [0.4, 0.5) is 0 Å². The zero-order valence-electron chi connectivity index (χ0n) is 13.2. The molecule has 1 aliphatic heterocycles. The highest BCUT2D eigenvalue weighted by atomic mass is 35.5. The lowest BCUT2D eigenvalue weighted by Crippen LogP contribution is -2.41. The van der Waals surface area contributed by atoms with Gasteiger partial charge in [-0.15, -0.1) is 0 Å². The smallest absolute Gasteiger partial charge is 0.324 e. The first-order valence-electron chi connectivity index (χ1n) is 7.42. The van der Waals surface area contributed by atoms with E-state index in [1.165, 1.54) is 0 Å². The van der Waals surface area contributed by atoms with Crippen LogP contribution in [-0.2, 0) is 30.9 Å². The van der Waals surface area contributed by atoms with Crippen molar-refractivity contribution in [3.8, 4) is 0 Å². The molecule has 132 valence electrons. The summed E-state index contributed by atoms with van der Waals surface area (Å²) < 4.78 is 29.3. The van der Waals surface area contributed by atoms with Crippen LogP contribution in [0.3, 0.4) is 0 Å². The predicted molar refractivity (Wildman–Crippen MR) is 88.8 cm³/mol. The molecule has 1 atom stereocenters. The number of hydrogen-bond donors (Lipinski definition) is 1. The molecule has 1 fully saturated rings. The zero-order valence-corrected chi connectivity index (χ0v) is 14.8. The van der Waals surface area contributed by atoms with E-state index in [-0.39, 0.29) is 6.54 Å². The van der Waals surface area contributed by atoms with E-state index in [0.717, 1.165) is 16.1 Å². The van der Waals surface area contributed by atoms with Crippen molar-refractivity contribution < 1.29 is 22.7 Å². The summed E-state index contributed by atoms with van der Waals surface area (Å²) in [6.45, 7) is 0.133. The molecule has 0 aromatic heterocycles. The average molecular weight is 375 g/mol. The third-order valence-corrected chi connectivity index (χ3v) is 5.19. The van der Waals surface area contributed by atoms with Gasteiger partial charge in [-0.05, 0) is 30.5 Å². The van der Waals surface area contributed by atoms with Crippen molar-refractivity contribution in [1.29, 1.82) is 0 Å². The maximum absolute atomic E-state index is 12.0. The first-order chi connectivity index (χ1) is 11.3. The highest BCUT2D eigenvalue weighted by Gasteiger charge is 2.37. The molecule has 1 saturated heterocycles. The minimum Gasteiger partial charge on any atom is -0.454 e. The Balaban J connectivity index is 1.79. The van der Waals surface area contributed by atoms with Gasteiger partial charge >= 0.3 is 5.97 Å². The van der Waals surface area contributed by atoms with E-state index in [0.29, 0.717) is 24.4 Å². The van der Waals surface area contributed by atoms with Gasteiger partial charge in [-0.25, -0.2) is 8.42 Å². The fourth-order valence-corrected chi connectivity index (χ4v) is 3.70. The number of ether oxygens (including phenoxy) is 1. The normalized spacial score (nSPS) is 18.3. The van der Waals surface area contributed by atoms with Crippen molar-refractivity contribution in [3.05, 3.63) is 34.9 Å². The van der Waals surface area contributed by atoms with Crippen LogP contribution in [0.2, 0.25) is 5.02 Å². The Morgan fingerprint density at radius 1 is 1.33 bits per heavy atom. The van der Waals surface area contributed by atoms with Crippen LogP contribution in [0.15, 0.2) is 24.3 Å². The third-order valence-electron chi connectivity index (χ3n) is 3.65. The Morgan fingerprint density at radius 3 is 2.62 bits per heavy atom. The van der Waals surface area contributed by atoms with Crippen LogP contribution in [0, 0.1) is 0 Å². The van der Waals surface area contributed by atoms with Gasteiger partial charge in [0.1, 0.15) is 6.04 Å². The lowest BCUT2D eigenvalue weighted by molar-refractivity contribution is -0.151. The molecule has 24 heavy (non-hydrogen) atoms. The minimum atomic E-state index is -3.46. The summed E-state index contributed by atoms with van der Waals surface area (Å²) in [4.78, 5) is 23.7. The molecule has 1 aromatic rings. The fraction of sp³-hybridized carbons (Fsp3) is 0.467. The summed E-state index contributed by atoms with van der Waals surface area (Å²) in [5.41, 5.74) is 0.859. The van der Waals surface area contributed by atoms with E-state index >= 15 is 0 Å². The lowest BCUT2D eigenvalue weighted by Gasteiger charge is -2.20. The van der Waals surface area contributed by atoms with E-state index in [1.807, 2.05) is 0 Å². The molecule has 0 saturated carbocycles. The molecule has 0 bridgehead atoms. The fourth-order valence-electron chi connectivity index (χ4n) is 2.46. The number of carbonyl (C=O) groups is 2. The Labute approximate surface area is 146 Å². The number of benzene rings is 1. The van der Waals surface area contributed by atoms with E-state index in [9.17, 15) is 18.0 Å². The average Bonchev–Trinajstić information content (AvgIpc) is 3.02. The van der Waals surface area contributed by atoms with E-state index < -0.39 is 34.5 Å². The zero-order chi connectivity index (χ0) is 17.7. The van der Waals surface area contributed by atoms with Crippen LogP contribution in [0.1, 0.15) is 18.4 Å². The third kappa shape index (κ3) is 5.19. The van der Waals surface area contributed by atoms with Gasteiger partial charge in [-0.3, -0.25) is 9.59 Å². The van der Waals surface area contributed by atoms with Crippen LogP contribution in [0.5, 0.6) is 0 Å². The number of esters is 1. The first-order valence-corrected chi connectivity index (χ1v) is 9.64. The molecule has 1 N–H and O–H groups in total. The van der Waals surface area contributed by atoms with Crippen LogP contribution < -0.4 is 5.32 Å². The van der Waals surface area contributed by atoms with Crippen LogP contribution in [0.25, 0.3) is 0 Å². The van der Waals surface area contributed by atoms with E-state index in [2.05, 4.69) is 5.32 Å². The molecule has 1 aromatic carbocycles. The van der Waals surface area contributed by atoms with Gasteiger partial charge < -0.3 is 10.1 Å². The maximum atomic E-state index is 12.0. The number of nitrogens with zero attached hydrogens (tertiary/aromatic N) is 1.